The number of fused-ring (bicyclic) bond motifs is 3. The summed E-state index contributed by atoms with van der Waals surface area (Å²) < 4.78 is 0. The van der Waals surface area contributed by atoms with Crippen LogP contribution in [0.3, 0.4) is 0 Å². The lowest BCUT2D eigenvalue weighted by molar-refractivity contribution is -0.117. The molecule has 24 heavy (non-hydrogen) atoms. The second kappa shape index (κ2) is 6.18. The minimum atomic E-state index is -0.304. The van der Waals surface area contributed by atoms with Crippen LogP contribution >= 0.6 is 0 Å². The smallest absolute Gasteiger partial charge is 0.129 e. The molecule has 1 aliphatic carbocycles. The van der Waals surface area contributed by atoms with Gasteiger partial charge in [0.1, 0.15) is 5.78 Å². The van der Waals surface area contributed by atoms with Gasteiger partial charge in [-0.2, -0.15) is 0 Å². The first-order valence-electron chi connectivity index (χ1n) is 8.81. The molecule has 0 saturated heterocycles. The summed E-state index contributed by atoms with van der Waals surface area (Å²) in [5.41, 5.74) is 11.7. The van der Waals surface area contributed by atoms with Crippen molar-refractivity contribution >= 4 is 5.78 Å². The van der Waals surface area contributed by atoms with Crippen LogP contribution in [0.25, 0.3) is 11.1 Å². The number of benzene rings is 2. The number of ketones is 1. The molecule has 2 aromatic carbocycles. The molecule has 1 aliphatic rings. The molecule has 0 fully saturated rings. The van der Waals surface area contributed by atoms with Crippen molar-refractivity contribution < 1.29 is 4.79 Å². The normalized spacial score (nSPS) is 17.0. The fraction of sp³-hybridized carbons (Fsp3) is 0.409. The summed E-state index contributed by atoms with van der Waals surface area (Å²) in [6.07, 6.45) is 3.21. The zero-order valence-electron chi connectivity index (χ0n) is 14.9. The fourth-order valence-electron chi connectivity index (χ4n) is 3.93. The Balaban J connectivity index is 1.88. The van der Waals surface area contributed by atoms with E-state index in [9.17, 15) is 4.79 Å². The third-order valence-corrected chi connectivity index (χ3v) is 5.58. The molecule has 3 rings (SSSR count). The van der Waals surface area contributed by atoms with E-state index in [0.717, 1.165) is 19.3 Å². The largest absolute Gasteiger partial charge is 0.325 e. The van der Waals surface area contributed by atoms with Crippen molar-refractivity contribution in [3.05, 3.63) is 59.7 Å². The third-order valence-electron chi connectivity index (χ3n) is 5.58. The zero-order valence-corrected chi connectivity index (χ0v) is 14.9. The summed E-state index contributed by atoms with van der Waals surface area (Å²) >= 11 is 0. The molecule has 1 atom stereocenters. The van der Waals surface area contributed by atoms with Crippen LogP contribution in [0.4, 0.5) is 0 Å². The number of carbonyl (C=O) groups is 1. The van der Waals surface area contributed by atoms with E-state index in [1.54, 1.807) is 6.92 Å². The van der Waals surface area contributed by atoms with E-state index >= 15 is 0 Å². The number of Topliss-reactive ketones (excluding diaryl/α,β-unsaturated/α-hetero) is 1. The van der Waals surface area contributed by atoms with Crippen LogP contribution in [0.5, 0.6) is 0 Å². The highest BCUT2D eigenvalue weighted by Gasteiger charge is 2.39. The second-order valence-corrected chi connectivity index (χ2v) is 7.78. The fourth-order valence-corrected chi connectivity index (χ4v) is 3.93. The minimum Gasteiger partial charge on any atom is -0.325 e. The monoisotopic (exact) mass is 321 g/mol. The Morgan fingerprint density at radius 2 is 1.50 bits per heavy atom. The lowest BCUT2D eigenvalue weighted by Crippen LogP contribution is -2.38. The van der Waals surface area contributed by atoms with Crippen molar-refractivity contribution in [2.75, 3.05) is 0 Å². The predicted octanol–water partition coefficient (Wildman–Crippen LogP) is 4.84. The van der Waals surface area contributed by atoms with Gasteiger partial charge in [-0.25, -0.2) is 0 Å². The van der Waals surface area contributed by atoms with Gasteiger partial charge in [-0.1, -0.05) is 55.5 Å². The quantitative estimate of drug-likeness (QED) is 0.827. The van der Waals surface area contributed by atoms with Gasteiger partial charge in [0.2, 0.25) is 0 Å². The van der Waals surface area contributed by atoms with Gasteiger partial charge >= 0.3 is 0 Å². The Hall–Kier alpha value is -1.93. The van der Waals surface area contributed by atoms with Crippen molar-refractivity contribution in [3.63, 3.8) is 0 Å². The summed E-state index contributed by atoms with van der Waals surface area (Å²) in [6, 6.07) is 17.4. The van der Waals surface area contributed by atoms with Crippen LogP contribution in [-0.4, -0.2) is 11.3 Å². The second-order valence-electron chi connectivity index (χ2n) is 7.78. The van der Waals surface area contributed by atoms with Crippen LogP contribution in [0, 0.1) is 0 Å². The first-order valence-corrected chi connectivity index (χ1v) is 8.81. The van der Waals surface area contributed by atoms with Gasteiger partial charge < -0.3 is 10.5 Å². The summed E-state index contributed by atoms with van der Waals surface area (Å²) in [4.78, 5) is 11.3. The van der Waals surface area contributed by atoms with Crippen molar-refractivity contribution in [1.82, 2.24) is 0 Å². The molecule has 2 N–H and O–H groups in total. The average molecular weight is 321 g/mol. The van der Waals surface area contributed by atoms with Crippen molar-refractivity contribution in [2.45, 2.75) is 57.4 Å². The molecule has 0 spiro atoms. The van der Waals surface area contributed by atoms with Crippen molar-refractivity contribution in [2.24, 2.45) is 5.73 Å². The van der Waals surface area contributed by atoms with E-state index in [0.29, 0.717) is 6.42 Å². The molecule has 0 heterocycles. The molecule has 0 bridgehead atoms. The van der Waals surface area contributed by atoms with E-state index in [2.05, 4.69) is 62.4 Å². The van der Waals surface area contributed by atoms with Gasteiger partial charge in [0.15, 0.2) is 0 Å². The lowest BCUT2D eigenvalue weighted by atomic mass is 9.73. The van der Waals surface area contributed by atoms with Crippen LogP contribution in [0.1, 0.15) is 57.6 Å². The van der Waals surface area contributed by atoms with Crippen LogP contribution in [0.2, 0.25) is 0 Å². The molecule has 0 saturated carbocycles. The molecular weight excluding hydrogens is 294 g/mol. The average Bonchev–Trinajstić information content (AvgIpc) is 2.83. The van der Waals surface area contributed by atoms with Gasteiger partial charge in [-0.15, -0.1) is 0 Å². The molecule has 0 aromatic heterocycles. The summed E-state index contributed by atoms with van der Waals surface area (Å²) in [7, 11) is 0. The number of carbonyl (C=O) groups excluding carboxylic acids is 1. The van der Waals surface area contributed by atoms with Gasteiger partial charge in [0, 0.05) is 17.4 Å². The van der Waals surface area contributed by atoms with Crippen LogP contribution in [-0.2, 0) is 10.2 Å². The molecule has 0 radical (unpaired) electrons. The SMILES string of the molecule is CC(=O)CCC(C)(N)CCC1(C)c2ccccc2-c2ccccc21. The highest BCUT2D eigenvalue weighted by Crippen LogP contribution is 2.51. The molecule has 0 aliphatic heterocycles. The maximum atomic E-state index is 11.3. The Bertz CT molecular complexity index is 715. The summed E-state index contributed by atoms with van der Waals surface area (Å²) in [5, 5.41) is 0. The Kier molecular flexibility index (Phi) is 4.35. The Labute approximate surface area is 145 Å². The van der Waals surface area contributed by atoms with Gasteiger partial charge in [0.05, 0.1) is 0 Å². The van der Waals surface area contributed by atoms with Gasteiger partial charge in [0.25, 0.3) is 0 Å². The molecule has 2 heteroatoms. The minimum absolute atomic E-state index is 0.00988. The zero-order chi connectivity index (χ0) is 17.4. The van der Waals surface area contributed by atoms with Crippen molar-refractivity contribution in [1.29, 1.82) is 0 Å². The van der Waals surface area contributed by atoms with E-state index in [4.69, 9.17) is 5.73 Å². The number of nitrogens with two attached hydrogens (primary N) is 1. The van der Waals surface area contributed by atoms with E-state index in [1.165, 1.54) is 22.3 Å². The Morgan fingerprint density at radius 1 is 1.00 bits per heavy atom. The standard InChI is InChI=1S/C22H27NO/c1-16(24)12-13-21(2,23)14-15-22(3)19-10-6-4-8-17(19)18-9-5-7-11-20(18)22/h4-11H,12-15,23H2,1-3H3. The van der Waals surface area contributed by atoms with Gasteiger partial charge in [-0.3, -0.25) is 0 Å². The predicted molar refractivity (Wildman–Crippen MR) is 100 cm³/mol. The number of rotatable bonds is 6. The summed E-state index contributed by atoms with van der Waals surface area (Å²) in [5.74, 6) is 0.217. The molecule has 126 valence electrons. The lowest BCUT2D eigenvalue weighted by Gasteiger charge is -2.32. The molecule has 1 unspecified atom stereocenters. The topological polar surface area (TPSA) is 43.1 Å². The van der Waals surface area contributed by atoms with E-state index in [-0.39, 0.29) is 16.7 Å². The highest BCUT2D eigenvalue weighted by molar-refractivity contribution is 5.80. The number of hydrogen-bond acceptors (Lipinski definition) is 2. The van der Waals surface area contributed by atoms with Crippen molar-refractivity contribution in [3.8, 4) is 11.1 Å². The first kappa shape index (κ1) is 16.9. The van der Waals surface area contributed by atoms with Gasteiger partial charge in [-0.05, 0) is 55.4 Å². The maximum Gasteiger partial charge on any atom is 0.129 e. The van der Waals surface area contributed by atoms with E-state index < -0.39 is 0 Å². The molecule has 0 amide bonds. The first-order chi connectivity index (χ1) is 11.3. The van der Waals surface area contributed by atoms with Crippen LogP contribution < -0.4 is 5.73 Å². The van der Waals surface area contributed by atoms with Crippen LogP contribution in [0.15, 0.2) is 48.5 Å². The molecule has 2 aromatic rings. The molecular formula is C22H27NO. The molecule has 2 nitrogen and oxygen atoms in total. The third kappa shape index (κ3) is 3.03. The maximum absolute atomic E-state index is 11.3. The summed E-state index contributed by atoms with van der Waals surface area (Å²) in [6.45, 7) is 6.05. The Morgan fingerprint density at radius 3 is 2.00 bits per heavy atom. The number of hydrogen-bond donors (Lipinski definition) is 1. The van der Waals surface area contributed by atoms with E-state index in [1.807, 2.05) is 0 Å². The highest BCUT2D eigenvalue weighted by atomic mass is 16.1.